The van der Waals surface area contributed by atoms with E-state index in [9.17, 15) is 14.4 Å². The van der Waals surface area contributed by atoms with Crippen LogP contribution in [-0.2, 0) is 23.9 Å². The summed E-state index contributed by atoms with van der Waals surface area (Å²) in [6.45, 7) is 7.75. The molecule has 5 heteroatoms. The van der Waals surface area contributed by atoms with E-state index in [0.717, 1.165) is 38.5 Å². The van der Waals surface area contributed by atoms with Crippen molar-refractivity contribution in [3.63, 3.8) is 0 Å². The Bertz CT molecular complexity index is 760. The minimum Gasteiger partial charge on any atom is -0.462 e. The van der Waals surface area contributed by atoms with E-state index in [2.05, 4.69) is 13.8 Å². The molecule has 5 aliphatic rings. The molecular weight excluding hydrogens is 356 g/mol. The summed E-state index contributed by atoms with van der Waals surface area (Å²) in [6.07, 6.45) is 5.67. The number of epoxide rings is 1. The monoisotopic (exact) mass is 388 g/mol. The highest BCUT2D eigenvalue weighted by Crippen LogP contribution is 2.73. The minimum absolute atomic E-state index is 0.0676. The van der Waals surface area contributed by atoms with Gasteiger partial charge in [-0.25, -0.2) is 0 Å². The number of carbonyl (C=O) groups is 3. The van der Waals surface area contributed by atoms with Crippen molar-refractivity contribution in [1.82, 2.24) is 0 Å². The van der Waals surface area contributed by atoms with Gasteiger partial charge >= 0.3 is 5.97 Å². The van der Waals surface area contributed by atoms with Crippen molar-refractivity contribution in [3.8, 4) is 0 Å². The van der Waals surface area contributed by atoms with Crippen LogP contribution in [0.15, 0.2) is 0 Å². The number of hydrogen-bond donors (Lipinski definition) is 0. The van der Waals surface area contributed by atoms with Crippen molar-refractivity contribution in [2.45, 2.75) is 90.4 Å². The summed E-state index contributed by atoms with van der Waals surface area (Å²) in [7, 11) is 0. The van der Waals surface area contributed by atoms with E-state index in [1.54, 1.807) is 6.92 Å². The second kappa shape index (κ2) is 5.68. The molecule has 154 valence electrons. The van der Waals surface area contributed by atoms with Crippen LogP contribution in [0.3, 0.4) is 0 Å². The molecule has 0 N–H and O–H groups in total. The maximum Gasteiger partial charge on any atom is 0.302 e. The molecule has 9 atom stereocenters. The molecule has 0 radical (unpaired) electrons. The molecule has 5 nitrogen and oxygen atoms in total. The van der Waals surface area contributed by atoms with Gasteiger partial charge in [0.15, 0.2) is 5.78 Å². The van der Waals surface area contributed by atoms with E-state index < -0.39 is 0 Å². The zero-order valence-corrected chi connectivity index (χ0v) is 17.5. The molecule has 1 spiro atoms. The van der Waals surface area contributed by atoms with Gasteiger partial charge in [-0.1, -0.05) is 13.8 Å². The molecule has 4 aliphatic carbocycles. The van der Waals surface area contributed by atoms with Crippen LogP contribution in [0.5, 0.6) is 0 Å². The molecule has 4 saturated carbocycles. The third-order valence-corrected chi connectivity index (χ3v) is 9.67. The van der Waals surface area contributed by atoms with Gasteiger partial charge in [-0.2, -0.15) is 0 Å². The Hall–Kier alpha value is -1.23. The predicted octanol–water partition coefficient (Wildman–Crippen LogP) is 3.48. The van der Waals surface area contributed by atoms with Crippen LogP contribution >= 0.6 is 0 Å². The summed E-state index contributed by atoms with van der Waals surface area (Å²) in [6, 6.07) is 0. The molecule has 0 unspecified atom stereocenters. The second-order valence-corrected chi connectivity index (χ2v) is 10.7. The Labute approximate surface area is 166 Å². The topological polar surface area (TPSA) is 73.0 Å². The average Bonchev–Trinajstić information content (AvgIpc) is 3.25. The lowest BCUT2D eigenvalue weighted by Gasteiger charge is -2.61. The molecular formula is C23H32O5. The summed E-state index contributed by atoms with van der Waals surface area (Å²) in [5.41, 5.74) is -0.569. The van der Waals surface area contributed by atoms with Crippen LogP contribution in [0.2, 0.25) is 0 Å². The van der Waals surface area contributed by atoms with E-state index in [0.29, 0.717) is 18.3 Å². The minimum atomic E-state index is -0.339. The summed E-state index contributed by atoms with van der Waals surface area (Å²) in [5.74, 6) is 1.48. The van der Waals surface area contributed by atoms with Crippen molar-refractivity contribution in [3.05, 3.63) is 0 Å². The Morgan fingerprint density at radius 1 is 1.11 bits per heavy atom. The molecule has 0 aromatic heterocycles. The van der Waals surface area contributed by atoms with Gasteiger partial charge < -0.3 is 9.47 Å². The Balaban J connectivity index is 1.57. The third kappa shape index (κ3) is 2.15. The largest absolute Gasteiger partial charge is 0.462 e. The van der Waals surface area contributed by atoms with Crippen LogP contribution in [0.4, 0.5) is 0 Å². The lowest BCUT2D eigenvalue weighted by molar-refractivity contribution is -0.193. The fraction of sp³-hybridized carbons (Fsp3) is 0.870. The molecule has 0 bridgehead atoms. The highest BCUT2D eigenvalue weighted by molar-refractivity contribution is 5.88. The highest BCUT2D eigenvalue weighted by Gasteiger charge is 2.78. The van der Waals surface area contributed by atoms with Crippen molar-refractivity contribution >= 4 is 17.5 Å². The second-order valence-electron chi connectivity index (χ2n) is 10.7. The first-order chi connectivity index (χ1) is 13.1. The van der Waals surface area contributed by atoms with Gasteiger partial charge in [0.05, 0.1) is 0 Å². The molecule has 1 heterocycles. The summed E-state index contributed by atoms with van der Waals surface area (Å²) < 4.78 is 12.1. The fourth-order valence-corrected chi connectivity index (χ4v) is 8.57. The molecule has 0 aromatic rings. The lowest BCUT2D eigenvalue weighted by Crippen LogP contribution is -2.63. The summed E-state index contributed by atoms with van der Waals surface area (Å²) in [4.78, 5) is 36.8. The number of esters is 1. The quantitative estimate of drug-likeness (QED) is 0.535. The first-order valence-corrected chi connectivity index (χ1v) is 11.0. The van der Waals surface area contributed by atoms with Gasteiger partial charge in [-0.05, 0) is 62.7 Å². The smallest absolute Gasteiger partial charge is 0.302 e. The molecule has 1 saturated heterocycles. The maximum absolute atomic E-state index is 12.4. The highest BCUT2D eigenvalue weighted by atomic mass is 16.6. The number of Topliss-reactive ketones (excluding diaryl/α,β-unsaturated/α-hetero) is 2. The van der Waals surface area contributed by atoms with E-state index >= 15 is 0 Å². The van der Waals surface area contributed by atoms with Gasteiger partial charge in [-0.3, -0.25) is 14.4 Å². The van der Waals surface area contributed by atoms with Gasteiger partial charge in [0, 0.05) is 30.6 Å². The Morgan fingerprint density at radius 3 is 2.54 bits per heavy atom. The number of rotatable bonds is 2. The van der Waals surface area contributed by atoms with Crippen LogP contribution in [-0.4, -0.2) is 35.3 Å². The van der Waals surface area contributed by atoms with Gasteiger partial charge in [-0.15, -0.1) is 0 Å². The fourth-order valence-electron chi connectivity index (χ4n) is 8.57. The third-order valence-electron chi connectivity index (χ3n) is 9.67. The van der Waals surface area contributed by atoms with Crippen molar-refractivity contribution in [2.75, 3.05) is 0 Å². The molecule has 0 aromatic carbocycles. The maximum atomic E-state index is 12.4. The number of fused-ring (bicyclic) bond motifs is 4. The molecule has 5 fully saturated rings. The Morgan fingerprint density at radius 2 is 1.86 bits per heavy atom. The molecule has 0 amide bonds. The van der Waals surface area contributed by atoms with E-state index in [-0.39, 0.29) is 58.0 Å². The summed E-state index contributed by atoms with van der Waals surface area (Å²) in [5, 5.41) is 0. The van der Waals surface area contributed by atoms with Crippen molar-refractivity contribution in [2.24, 2.45) is 34.5 Å². The van der Waals surface area contributed by atoms with Gasteiger partial charge in [0.2, 0.25) is 0 Å². The molecule has 5 rings (SSSR count). The first kappa shape index (κ1) is 18.8. The van der Waals surface area contributed by atoms with Crippen LogP contribution in [0, 0.1) is 34.5 Å². The standard InChI is InChI=1S/C23H32O5/c1-12(24)15-5-6-16-14-7-10-23-20(28-23)17(26)8-9-22(23,4)19(14)18(27-13(2)25)11-21(15,16)3/h14-16,18-20H,5-11H2,1-4H3/t14-,15-,16+,18+,19-,20+,21+,22+,23+/m0/s1. The van der Waals surface area contributed by atoms with Crippen LogP contribution in [0.1, 0.15) is 72.6 Å². The number of ketones is 2. The number of hydrogen-bond acceptors (Lipinski definition) is 5. The first-order valence-electron chi connectivity index (χ1n) is 11.0. The van der Waals surface area contributed by atoms with Crippen LogP contribution < -0.4 is 0 Å². The Kier molecular flexibility index (Phi) is 3.81. The van der Waals surface area contributed by atoms with Crippen molar-refractivity contribution < 1.29 is 23.9 Å². The van der Waals surface area contributed by atoms with E-state index in [1.807, 2.05) is 0 Å². The van der Waals surface area contributed by atoms with E-state index in [1.165, 1.54) is 6.92 Å². The van der Waals surface area contributed by atoms with Gasteiger partial charge in [0.25, 0.3) is 0 Å². The zero-order valence-electron chi connectivity index (χ0n) is 17.5. The van der Waals surface area contributed by atoms with E-state index in [4.69, 9.17) is 9.47 Å². The number of carbonyl (C=O) groups excluding carboxylic acids is 3. The van der Waals surface area contributed by atoms with Crippen LogP contribution in [0.25, 0.3) is 0 Å². The number of ether oxygens (including phenoxy) is 2. The van der Waals surface area contributed by atoms with Crippen molar-refractivity contribution in [1.29, 1.82) is 0 Å². The summed E-state index contributed by atoms with van der Waals surface area (Å²) >= 11 is 0. The average molecular weight is 389 g/mol. The van der Waals surface area contributed by atoms with Gasteiger partial charge in [0.1, 0.15) is 23.6 Å². The SMILES string of the molecule is CC(=O)O[C@@H]1C[C@@]2(C)[C@H](CC[C@H]2C(C)=O)[C@@H]2CC[C@@]34O[C@@H]3C(=O)CC[C@]4(C)[C@@H]21. The zero-order chi connectivity index (χ0) is 20.1. The lowest BCUT2D eigenvalue weighted by atomic mass is 9.43. The molecule has 28 heavy (non-hydrogen) atoms. The normalized spacial score (nSPS) is 54.1. The molecule has 1 aliphatic heterocycles. The predicted molar refractivity (Wildman–Crippen MR) is 101 cm³/mol.